The minimum absolute atomic E-state index is 0.00561. The van der Waals surface area contributed by atoms with Gasteiger partial charge in [-0.3, -0.25) is 4.79 Å². The minimum atomic E-state index is -1.17. The zero-order valence-electron chi connectivity index (χ0n) is 29.7. The van der Waals surface area contributed by atoms with E-state index in [-0.39, 0.29) is 36.5 Å². The molecule has 0 spiro atoms. The number of nitriles is 2. The van der Waals surface area contributed by atoms with E-state index in [9.17, 15) is 25.2 Å². The largest absolute Gasteiger partial charge is 0.492 e. The SMILES string of the molecule is N#Cc1c(N)nc(SCc2csc(-c3ccc(Cl)cc3)n2)c(C#N)c1-c1ccc(OCCN(C(=O)[C@@H](N)CCCCN)[C@H](Cc2ccccc2)C(=O)O)cc1. The van der Waals surface area contributed by atoms with E-state index >= 15 is 0 Å². The molecular formula is C40H39ClN8O4S2. The number of nitrogens with zero attached hydrogens (tertiary/aromatic N) is 5. The molecule has 2 aromatic heterocycles. The van der Waals surface area contributed by atoms with Gasteiger partial charge in [0, 0.05) is 33.7 Å². The zero-order valence-corrected chi connectivity index (χ0v) is 32.1. The number of carbonyl (C=O) groups is 2. The number of thiazole rings is 1. The number of carbonyl (C=O) groups excluding carboxylic acids is 1. The fourth-order valence-electron chi connectivity index (χ4n) is 5.84. The van der Waals surface area contributed by atoms with Crippen LogP contribution in [0, 0.1) is 22.7 Å². The lowest BCUT2D eigenvalue weighted by Gasteiger charge is -2.31. The number of thioether (sulfide) groups is 1. The van der Waals surface area contributed by atoms with Crippen molar-refractivity contribution < 1.29 is 19.4 Å². The predicted molar refractivity (Wildman–Crippen MR) is 215 cm³/mol. The van der Waals surface area contributed by atoms with Crippen LogP contribution in [0.1, 0.15) is 41.6 Å². The van der Waals surface area contributed by atoms with Crippen LogP contribution < -0.4 is 21.9 Å². The third kappa shape index (κ3) is 10.6. The van der Waals surface area contributed by atoms with Gasteiger partial charge in [0.25, 0.3) is 0 Å². The van der Waals surface area contributed by atoms with Crippen molar-refractivity contribution in [2.75, 3.05) is 25.4 Å². The summed E-state index contributed by atoms with van der Waals surface area (Å²) in [5.41, 5.74) is 21.8. The third-order valence-electron chi connectivity index (χ3n) is 8.66. The minimum Gasteiger partial charge on any atom is -0.492 e. The average Bonchev–Trinajstić information content (AvgIpc) is 3.67. The Balaban J connectivity index is 1.32. The Morgan fingerprint density at radius 3 is 2.31 bits per heavy atom. The first-order valence-electron chi connectivity index (χ1n) is 17.4. The number of hydrogen-bond acceptors (Lipinski definition) is 12. The number of benzene rings is 3. The number of carboxylic acids is 1. The van der Waals surface area contributed by atoms with Gasteiger partial charge in [0.2, 0.25) is 5.91 Å². The number of anilines is 1. The molecule has 0 unspecified atom stereocenters. The topological polar surface area (TPSA) is 218 Å². The van der Waals surface area contributed by atoms with Gasteiger partial charge in [0.1, 0.15) is 52.0 Å². The van der Waals surface area contributed by atoms with Gasteiger partial charge in [-0.2, -0.15) is 10.5 Å². The van der Waals surface area contributed by atoms with E-state index in [1.54, 1.807) is 36.4 Å². The first kappa shape index (κ1) is 40.7. The summed E-state index contributed by atoms with van der Waals surface area (Å²) in [5, 5.41) is 34.3. The molecule has 12 nitrogen and oxygen atoms in total. The number of carboxylic acid groups (broad SMARTS) is 1. The smallest absolute Gasteiger partial charge is 0.326 e. The summed E-state index contributed by atoms with van der Waals surface area (Å²) in [5.74, 6) is -0.801. The number of nitrogens with two attached hydrogens (primary N) is 3. The van der Waals surface area contributed by atoms with Crippen molar-refractivity contribution in [2.24, 2.45) is 11.5 Å². The molecule has 0 saturated heterocycles. The Kier molecular flexibility index (Phi) is 14.6. The van der Waals surface area contributed by atoms with Gasteiger partial charge < -0.3 is 31.9 Å². The molecular weight excluding hydrogens is 756 g/mol. The second-order valence-corrected chi connectivity index (χ2v) is 14.7. The van der Waals surface area contributed by atoms with E-state index in [0.717, 1.165) is 21.8 Å². The first-order valence-corrected chi connectivity index (χ1v) is 19.6. The van der Waals surface area contributed by atoms with Gasteiger partial charge in [-0.1, -0.05) is 84.4 Å². The lowest BCUT2D eigenvalue weighted by molar-refractivity contribution is -0.151. The van der Waals surface area contributed by atoms with Gasteiger partial charge >= 0.3 is 5.97 Å². The van der Waals surface area contributed by atoms with Crippen LogP contribution in [-0.2, 0) is 21.8 Å². The van der Waals surface area contributed by atoms with Crippen LogP contribution in [0.4, 0.5) is 5.82 Å². The highest BCUT2D eigenvalue weighted by molar-refractivity contribution is 7.98. The lowest BCUT2D eigenvalue weighted by atomic mass is 9.97. The van der Waals surface area contributed by atoms with Gasteiger partial charge in [0.15, 0.2) is 0 Å². The molecule has 0 aliphatic heterocycles. The molecule has 0 fully saturated rings. The van der Waals surface area contributed by atoms with Crippen LogP contribution in [0.5, 0.6) is 5.75 Å². The highest BCUT2D eigenvalue weighted by atomic mass is 35.5. The standard InChI is InChI=1S/C40H39ClN8O4S2/c41-28-13-9-27(10-14-28)37-47-29(23-54-37)24-55-38-32(22-44)35(31(21-43)36(46)48-38)26-11-15-30(16-12-26)53-19-18-49(39(50)33(45)8-4-5-17-42)34(40(51)52)20-25-6-2-1-3-7-25/h1-3,6-7,9-16,23,33-34H,4-5,8,17-20,24,42,45H2,(H2,46,48)(H,51,52)/t33-,34+/m0/s1. The molecule has 2 heterocycles. The van der Waals surface area contributed by atoms with E-state index in [1.165, 1.54) is 28.0 Å². The van der Waals surface area contributed by atoms with Crippen LogP contribution >= 0.6 is 34.7 Å². The monoisotopic (exact) mass is 794 g/mol. The molecule has 3 aromatic carbocycles. The number of unbranched alkanes of at least 4 members (excludes halogenated alkanes) is 1. The Hall–Kier alpha value is -5.48. The molecule has 0 aliphatic rings. The van der Waals surface area contributed by atoms with E-state index in [4.69, 9.17) is 38.5 Å². The second-order valence-electron chi connectivity index (χ2n) is 12.4. The molecule has 2 atom stereocenters. The highest BCUT2D eigenvalue weighted by Crippen LogP contribution is 2.37. The van der Waals surface area contributed by atoms with Crippen molar-refractivity contribution in [2.45, 2.75) is 48.5 Å². The number of rotatable bonds is 18. The van der Waals surface area contributed by atoms with Gasteiger partial charge in [-0.15, -0.1) is 11.3 Å². The highest BCUT2D eigenvalue weighted by Gasteiger charge is 2.32. The molecule has 5 aromatic rings. The van der Waals surface area contributed by atoms with Crippen molar-refractivity contribution in [1.82, 2.24) is 14.9 Å². The predicted octanol–water partition coefficient (Wildman–Crippen LogP) is 6.50. The quantitative estimate of drug-likeness (QED) is 0.0552. The van der Waals surface area contributed by atoms with E-state index < -0.39 is 24.0 Å². The molecule has 0 bridgehead atoms. The van der Waals surface area contributed by atoms with Crippen LogP contribution in [0.2, 0.25) is 5.02 Å². The van der Waals surface area contributed by atoms with Crippen molar-refractivity contribution >= 4 is 52.4 Å². The van der Waals surface area contributed by atoms with Crippen LogP contribution in [0.25, 0.3) is 21.7 Å². The molecule has 7 N–H and O–H groups in total. The maximum absolute atomic E-state index is 13.6. The molecule has 0 aliphatic carbocycles. The maximum atomic E-state index is 13.6. The summed E-state index contributed by atoms with van der Waals surface area (Å²) in [6.45, 7) is 0.410. The number of amides is 1. The van der Waals surface area contributed by atoms with Gasteiger partial charge in [-0.05, 0) is 54.8 Å². The van der Waals surface area contributed by atoms with Crippen molar-refractivity contribution in [3.63, 3.8) is 0 Å². The second kappa shape index (κ2) is 19.7. The summed E-state index contributed by atoms with van der Waals surface area (Å²) in [7, 11) is 0. The first-order chi connectivity index (χ1) is 26.6. The molecule has 1 amide bonds. The van der Waals surface area contributed by atoms with Crippen molar-refractivity contribution in [1.29, 1.82) is 10.5 Å². The Bertz CT molecular complexity index is 2170. The van der Waals surface area contributed by atoms with Gasteiger partial charge in [-0.25, -0.2) is 14.8 Å². The number of hydrogen-bond donors (Lipinski definition) is 4. The third-order valence-corrected chi connectivity index (χ3v) is 10.9. The maximum Gasteiger partial charge on any atom is 0.326 e. The summed E-state index contributed by atoms with van der Waals surface area (Å²) in [6.07, 6.45) is 1.80. The zero-order chi connectivity index (χ0) is 39.3. The molecule has 282 valence electrons. The van der Waals surface area contributed by atoms with Crippen LogP contribution in [0.15, 0.2) is 89.3 Å². The summed E-state index contributed by atoms with van der Waals surface area (Å²) < 4.78 is 6.00. The summed E-state index contributed by atoms with van der Waals surface area (Å²) in [4.78, 5) is 36.5. The average molecular weight is 795 g/mol. The van der Waals surface area contributed by atoms with Gasteiger partial charge in [0.05, 0.1) is 23.8 Å². The normalized spacial score (nSPS) is 11.9. The number of nitrogen functional groups attached to an aromatic ring is 1. The lowest BCUT2D eigenvalue weighted by Crippen LogP contribution is -2.53. The van der Waals surface area contributed by atoms with Crippen molar-refractivity contribution in [3.05, 3.63) is 112 Å². The number of aromatic nitrogens is 2. The molecule has 0 saturated carbocycles. The summed E-state index contributed by atoms with van der Waals surface area (Å²) in [6, 6.07) is 25.5. The number of halogens is 1. The fraction of sp³-hybridized carbons (Fsp3) is 0.250. The fourth-order valence-corrected chi connectivity index (χ4v) is 7.79. The van der Waals surface area contributed by atoms with E-state index in [0.29, 0.717) is 58.5 Å². The van der Waals surface area contributed by atoms with Crippen LogP contribution in [-0.4, -0.2) is 63.6 Å². The van der Waals surface area contributed by atoms with Crippen LogP contribution in [0.3, 0.4) is 0 Å². The number of ether oxygens (including phenoxy) is 1. The summed E-state index contributed by atoms with van der Waals surface area (Å²) >= 11 is 8.82. The molecule has 15 heteroatoms. The Morgan fingerprint density at radius 2 is 1.65 bits per heavy atom. The molecule has 5 rings (SSSR count). The Morgan fingerprint density at radius 1 is 0.964 bits per heavy atom. The van der Waals surface area contributed by atoms with E-state index in [1.807, 2.05) is 47.8 Å². The molecule has 0 radical (unpaired) electrons. The number of pyridine rings is 1. The van der Waals surface area contributed by atoms with Crippen molar-refractivity contribution in [3.8, 4) is 39.6 Å². The van der Waals surface area contributed by atoms with E-state index in [2.05, 4.69) is 17.1 Å². The molecule has 55 heavy (non-hydrogen) atoms. The Labute approximate surface area is 332 Å². The number of aliphatic carboxylic acids is 1.